The third kappa shape index (κ3) is 2.45. The predicted octanol–water partition coefficient (Wildman–Crippen LogP) is 4.94. The number of nitrogens with zero attached hydrogens (tertiary/aromatic N) is 3. The number of rotatable bonds is 3. The van der Waals surface area contributed by atoms with Crippen molar-refractivity contribution in [3.8, 4) is 16.9 Å². The van der Waals surface area contributed by atoms with Crippen molar-refractivity contribution in [1.29, 1.82) is 0 Å². The number of carboxylic acid groups (broad SMARTS) is 1. The van der Waals surface area contributed by atoms with Gasteiger partial charge in [-0.1, -0.05) is 60.7 Å². The van der Waals surface area contributed by atoms with E-state index in [2.05, 4.69) is 4.98 Å². The minimum Gasteiger partial charge on any atom is -0.478 e. The molecule has 1 N–H and O–H groups in total. The molecule has 0 unspecified atom stereocenters. The molecule has 5 nitrogen and oxygen atoms in total. The molecule has 5 rings (SSSR count). The quantitative estimate of drug-likeness (QED) is 0.492. The molecule has 134 valence electrons. The van der Waals surface area contributed by atoms with E-state index in [0.717, 1.165) is 33.2 Å². The van der Waals surface area contributed by atoms with Gasteiger partial charge in [0.2, 0.25) is 0 Å². The Morgan fingerprint density at radius 2 is 1.57 bits per heavy atom. The van der Waals surface area contributed by atoms with Gasteiger partial charge in [0.05, 0.1) is 28.7 Å². The van der Waals surface area contributed by atoms with Gasteiger partial charge in [-0.3, -0.25) is 4.98 Å². The number of benzene rings is 3. The van der Waals surface area contributed by atoms with E-state index in [0.29, 0.717) is 5.52 Å². The van der Waals surface area contributed by atoms with Crippen molar-refractivity contribution in [3.05, 3.63) is 90.6 Å². The molecule has 0 saturated heterocycles. The monoisotopic (exact) mass is 365 g/mol. The highest BCUT2D eigenvalue weighted by Crippen LogP contribution is 2.35. The van der Waals surface area contributed by atoms with Gasteiger partial charge in [-0.2, -0.15) is 5.10 Å². The average Bonchev–Trinajstić information content (AvgIpc) is 3.14. The third-order valence-electron chi connectivity index (χ3n) is 4.81. The van der Waals surface area contributed by atoms with E-state index in [9.17, 15) is 9.90 Å². The highest BCUT2D eigenvalue weighted by Gasteiger charge is 2.19. The second kappa shape index (κ2) is 6.32. The molecule has 0 saturated carbocycles. The van der Waals surface area contributed by atoms with Gasteiger partial charge in [-0.25, -0.2) is 9.48 Å². The number of fused-ring (bicyclic) bond motifs is 3. The zero-order valence-corrected chi connectivity index (χ0v) is 14.8. The number of carbonyl (C=O) groups is 1. The molecule has 3 aromatic carbocycles. The predicted molar refractivity (Wildman–Crippen MR) is 109 cm³/mol. The summed E-state index contributed by atoms with van der Waals surface area (Å²) in [6.45, 7) is 0. The maximum absolute atomic E-state index is 11.7. The summed E-state index contributed by atoms with van der Waals surface area (Å²) in [7, 11) is 0. The largest absolute Gasteiger partial charge is 0.478 e. The molecule has 0 radical (unpaired) electrons. The molecule has 0 amide bonds. The first-order valence-corrected chi connectivity index (χ1v) is 8.88. The van der Waals surface area contributed by atoms with E-state index in [1.165, 1.54) is 0 Å². The fourth-order valence-electron chi connectivity index (χ4n) is 3.59. The summed E-state index contributed by atoms with van der Waals surface area (Å²) >= 11 is 0. The van der Waals surface area contributed by atoms with E-state index in [-0.39, 0.29) is 5.56 Å². The van der Waals surface area contributed by atoms with Gasteiger partial charge in [-0.15, -0.1) is 0 Å². The van der Waals surface area contributed by atoms with Gasteiger partial charge in [0, 0.05) is 16.3 Å². The van der Waals surface area contributed by atoms with Crippen LogP contribution in [-0.2, 0) is 0 Å². The Morgan fingerprint density at radius 1 is 0.857 bits per heavy atom. The van der Waals surface area contributed by atoms with Crippen LogP contribution < -0.4 is 0 Å². The number of carboxylic acids is 1. The van der Waals surface area contributed by atoms with Gasteiger partial charge in [0.25, 0.3) is 0 Å². The third-order valence-corrected chi connectivity index (χ3v) is 4.81. The van der Waals surface area contributed by atoms with E-state index < -0.39 is 5.97 Å². The van der Waals surface area contributed by atoms with Crippen molar-refractivity contribution < 1.29 is 9.90 Å². The van der Waals surface area contributed by atoms with Crippen molar-refractivity contribution in [1.82, 2.24) is 14.8 Å². The Morgan fingerprint density at radius 3 is 2.29 bits per heavy atom. The summed E-state index contributed by atoms with van der Waals surface area (Å²) in [5, 5.41) is 16.0. The van der Waals surface area contributed by atoms with E-state index in [4.69, 9.17) is 5.10 Å². The Kier molecular flexibility index (Phi) is 3.66. The minimum atomic E-state index is -0.992. The second-order valence-corrected chi connectivity index (χ2v) is 6.49. The highest BCUT2D eigenvalue weighted by atomic mass is 16.4. The van der Waals surface area contributed by atoms with Crippen LogP contribution >= 0.6 is 0 Å². The molecule has 0 spiro atoms. The standard InChI is InChI=1S/C23H15N3O2/c27-23(28)18-13-7-12-17-20-19(14-24-21(17)18)25-26(16-10-5-2-6-11-16)22(20)15-8-3-1-4-9-15/h1-14H,(H,27,28). The summed E-state index contributed by atoms with van der Waals surface area (Å²) in [4.78, 5) is 16.1. The second-order valence-electron chi connectivity index (χ2n) is 6.49. The number of aromatic carboxylic acids is 1. The molecule has 28 heavy (non-hydrogen) atoms. The highest BCUT2D eigenvalue weighted by molar-refractivity contribution is 6.15. The van der Waals surface area contributed by atoms with Crippen LogP contribution in [-0.4, -0.2) is 25.8 Å². The Balaban J connectivity index is 1.96. The fraction of sp³-hybridized carbons (Fsp3) is 0. The van der Waals surface area contributed by atoms with E-state index in [1.807, 2.05) is 71.4 Å². The van der Waals surface area contributed by atoms with E-state index >= 15 is 0 Å². The normalized spacial score (nSPS) is 11.1. The van der Waals surface area contributed by atoms with Gasteiger partial charge in [0.1, 0.15) is 5.52 Å². The lowest BCUT2D eigenvalue weighted by molar-refractivity contribution is 0.0699. The first-order chi connectivity index (χ1) is 13.7. The molecule has 2 aromatic heterocycles. The molecule has 5 aromatic rings. The molecular formula is C23H15N3O2. The zero-order valence-electron chi connectivity index (χ0n) is 14.8. The van der Waals surface area contributed by atoms with Crippen LogP contribution in [0, 0.1) is 0 Å². The lowest BCUT2D eigenvalue weighted by atomic mass is 10.0. The van der Waals surface area contributed by atoms with Gasteiger partial charge < -0.3 is 5.11 Å². The molecule has 0 bridgehead atoms. The van der Waals surface area contributed by atoms with Crippen molar-refractivity contribution in [3.63, 3.8) is 0 Å². The molecule has 0 aliphatic carbocycles. The van der Waals surface area contributed by atoms with Crippen LogP contribution in [0.2, 0.25) is 0 Å². The number of pyridine rings is 1. The maximum Gasteiger partial charge on any atom is 0.337 e. The number of para-hydroxylation sites is 2. The van der Waals surface area contributed by atoms with Crippen molar-refractivity contribution in [2.45, 2.75) is 0 Å². The lowest BCUT2D eigenvalue weighted by Crippen LogP contribution is -1.99. The topological polar surface area (TPSA) is 68.0 Å². The first-order valence-electron chi connectivity index (χ1n) is 8.88. The summed E-state index contributed by atoms with van der Waals surface area (Å²) in [5.74, 6) is -0.992. The van der Waals surface area contributed by atoms with Gasteiger partial charge >= 0.3 is 5.97 Å². The number of aromatic nitrogens is 3. The maximum atomic E-state index is 11.7. The van der Waals surface area contributed by atoms with Crippen LogP contribution in [0.5, 0.6) is 0 Å². The minimum absolute atomic E-state index is 0.186. The van der Waals surface area contributed by atoms with Crippen molar-refractivity contribution in [2.75, 3.05) is 0 Å². The molecule has 2 heterocycles. The smallest absolute Gasteiger partial charge is 0.337 e. The summed E-state index contributed by atoms with van der Waals surface area (Å²) in [6, 6.07) is 25.1. The SMILES string of the molecule is O=C(O)c1cccc2c1ncc1nn(-c3ccccc3)c(-c3ccccc3)c12. The zero-order chi connectivity index (χ0) is 19.1. The van der Waals surface area contributed by atoms with Gasteiger partial charge in [-0.05, 0) is 18.2 Å². The summed E-state index contributed by atoms with van der Waals surface area (Å²) < 4.78 is 1.90. The number of hydrogen-bond donors (Lipinski definition) is 1. The molecule has 0 aliphatic heterocycles. The Labute approximate surface area is 160 Å². The average molecular weight is 365 g/mol. The molecule has 0 aliphatic rings. The number of hydrogen-bond acceptors (Lipinski definition) is 3. The van der Waals surface area contributed by atoms with E-state index in [1.54, 1.807) is 18.3 Å². The Bertz CT molecular complexity index is 1330. The van der Waals surface area contributed by atoms with Crippen molar-refractivity contribution in [2.24, 2.45) is 0 Å². The first kappa shape index (κ1) is 16.2. The summed E-state index contributed by atoms with van der Waals surface area (Å²) in [5.41, 5.74) is 4.22. The van der Waals surface area contributed by atoms with Crippen LogP contribution in [0.25, 0.3) is 38.8 Å². The molecule has 5 heteroatoms. The van der Waals surface area contributed by atoms with Crippen LogP contribution in [0.4, 0.5) is 0 Å². The lowest BCUT2D eigenvalue weighted by Gasteiger charge is -2.09. The van der Waals surface area contributed by atoms with Crippen LogP contribution in [0.15, 0.2) is 85.1 Å². The molecule has 0 fully saturated rings. The fourth-order valence-corrected chi connectivity index (χ4v) is 3.59. The molecule has 0 atom stereocenters. The van der Waals surface area contributed by atoms with Crippen LogP contribution in [0.3, 0.4) is 0 Å². The van der Waals surface area contributed by atoms with Crippen LogP contribution in [0.1, 0.15) is 10.4 Å². The van der Waals surface area contributed by atoms with Crippen molar-refractivity contribution >= 4 is 27.8 Å². The van der Waals surface area contributed by atoms with Gasteiger partial charge in [0.15, 0.2) is 0 Å². The summed E-state index contributed by atoms with van der Waals surface area (Å²) in [6.07, 6.45) is 1.65. The molecular weight excluding hydrogens is 350 g/mol. The Hall–Kier alpha value is -3.99.